The van der Waals surface area contributed by atoms with Crippen LogP contribution >= 0.6 is 11.6 Å². The van der Waals surface area contributed by atoms with Gasteiger partial charge < -0.3 is 15.2 Å². The van der Waals surface area contributed by atoms with Crippen LogP contribution in [0.2, 0.25) is 5.02 Å². The van der Waals surface area contributed by atoms with E-state index >= 15 is 0 Å². The molecule has 0 unspecified atom stereocenters. The molecule has 4 heteroatoms. The van der Waals surface area contributed by atoms with Crippen LogP contribution in [0.3, 0.4) is 0 Å². The first-order valence-corrected chi connectivity index (χ1v) is 6.15. The molecule has 0 spiro atoms. The molecule has 2 N–H and O–H groups in total. The average molecular weight is 258 g/mol. The van der Waals surface area contributed by atoms with Crippen molar-refractivity contribution in [1.29, 1.82) is 0 Å². The largest absolute Gasteiger partial charge is 0.496 e. The third-order valence-electron chi connectivity index (χ3n) is 2.67. The van der Waals surface area contributed by atoms with Gasteiger partial charge in [0.05, 0.1) is 13.7 Å². The highest BCUT2D eigenvalue weighted by atomic mass is 35.5. The lowest BCUT2D eigenvalue weighted by Crippen LogP contribution is -2.03. The molecular weight excluding hydrogens is 238 g/mol. The van der Waals surface area contributed by atoms with Crippen molar-refractivity contribution in [3.8, 4) is 5.75 Å². The molecule has 0 aliphatic rings. The second-order valence-corrected chi connectivity index (χ2v) is 4.36. The summed E-state index contributed by atoms with van der Waals surface area (Å²) in [7, 11) is 3.34. The molecule has 0 fully saturated rings. The summed E-state index contributed by atoms with van der Waals surface area (Å²) < 4.78 is 10.6. The number of rotatable bonds is 7. The molecular formula is C13H20ClNO2. The zero-order valence-electron chi connectivity index (χ0n) is 10.5. The Morgan fingerprint density at radius 2 is 2.00 bits per heavy atom. The van der Waals surface area contributed by atoms with E-state index in [4.69, 9.17) is 26.8 Å². The Bertz CT molecular complexity index is 356. The highest BCUT2D eigenvalue weighted by molar-refractivity contribution is 6.30. The maximum Gasteiger partial charge on any atom is 0.123 e. The predicted molar refractivity (Wildman–Crippen MR) is 70.7 cm³/mol. The molecule has 0 saturated carbocycles. The van der Waals surface area contributed by atoms with Crippen molar-refractivity contribution in [2.45, 2.75) is 25.9 Å². The number of unbranched alkanes of at least 4 members (excludes halogenated alkanes) is 1. The van der Waals surface area contributed by atoms with Gasteiger partial charge in [-0.15, -0.1) is 0 Å². The van der Waals surface area contributed by atoms with E-state index in [-0.39, 0.29) is 0 Å². The summed E-state index contributed by atoms with van der Waals surface area (Å²) in [6.07, 6.45) is 3.00. The predicted octanol–water partition coefficient (Wildman–Crippen LogP) is 2.78. The molecule has 0 bridgehead atoms. The van der Waals surface area contributed by atoms with Gasteiger partial charge in [0.25, 0.3) is 0 Å². The fourth-order valence-corrected chi connectivity index (χ4v) is 2.09. The first kappa shape index (κ1) is 14.3. The molecule has 0 atom stereocenters. The zero-order valence-corrected chi connectivity index (χ0v) is 11.2. The van der Waals surface area contributed by atoms with Gasteiger partial charge in [0.1, 0.15) is 5.75 Å². The number of ether oxygens (including phenoxy) is 2. The summed E-state index contributed by atoms with van der Waals surface area (Å²) in [6.45, 7) is 1.27. The molecule has 1 aromatic rings. The van der Waals surface area contributed by atoms with Crippen molar-refractivity contribution < 1.29 is 9.47 Å². The van der Waals surface area contributed by atoms with Crippen molar-refractivity contribution in [3.63, 3.8) is 0 Å². The van der Waals surface area contributed by atoms with Crippen LogP contribution in [0.5, 0.6) is 5.75 Å². The molecule has 3 nitrogen and oxygen atoms in total. The molecule has 0 aromatic heterocycles. The Hall–Kier alpha value is -0.770. The van der Waals surface area contributed by atoms with E-state index in [1.807, 2.05) is 12.1 Å². The van der Waals surface area contributed by atoms with E-state index in [2.05, 4.69) is 0 Å². The first-order chi connectivity index (χ1) is 8.22. The number of nitrogens with two attached hydrogens (primary N) is 1. The maximum atomic E-state index is 6.04. The normalized spacial score (nSPS) is 10.6. The van der Waals surface area contributed by atoms with Crippen LogP contribution in [0.4, 0.5) is 0 Å². The van der Waals surface area contributed by atoms with Crippen molar-refractivity contribution in [2.24, 2.45) is 5.73 Å². The number of hydrogen-bond donors (Lipinski definition) is 1. The first-order valence-electron chi connectivity index (χ1n) is 5.77. The minimum absolute atomic E-state index is 0.550. The molecule has 0 aliphatic carbocycles. The van der Waals surface area contributed by atoms with Crippen LogP contribution in [-0.2, 0) is 17.8 Å². The summed E-state index contributed by atoms with van der Waals surface area (Å²) >= 11 is 6.04. The third-order valence-corrected chi connectivity index (χ3v) is 2.89. The minimum Gasteiger partial charge on any atom is -0.496 e. The SMILES string of the molecule is COCc1cc(Cl)cc(OC)c1CCCCN. The van der Waals surface area contributed by atoms with Gasteiger partial charge in [0, 0.05) is 12.1 Å². The molecule has 1 rings (SSSR count). The molecule has 0 radical (unpaired) electrons. The molecule has 96 valence electrons. The van der Waals surface area contributed by atoms with E-state index in [0.29, 0.717) is 11.6 Å². The molecule has 0 heterocycles. The molecule has 0 aliphatic heterocycles. The summed E-state index contributed by atoms with van der Waals surface area (Å²) in [4.78, 5) is 0. The Kier molecular flexibility index (Phi) is 6.34. The third kappa shape index (κ3) is 4.19. The van der Waals surface area contributed by atoms with Crippen LogP contribution in [0.15, 0.2) is 12.1 Å². The lowest BCUT2D eigenvalue weighted by Gasteiger charge is -2.14. The summed E-state index contributed by atoms with van der Waals surface area (Å²) in [6, 6.07) is 3.78. The molecule has 1 aromatic carbocycles. The Labute approximate surface area is 108 Å². The Balaban J connectivity index is 2.94. The van der Waals surface area contributed by atoms with Gasteiger partial charge in [-0.2, -0.15) is 0 Å². The molecule has 17 heavy (non-hydrogen) atoms. The minimum atomic E-state index is 0.550. The lowest BCUT2D eigenvalue weighted by atomic mass is 10.0. The van der Waals surface area contributed by atoms with E-state index in [1.54, 1.807) is 14.2 Å². The van der Waals surface area contributed by atoms with Crippen LogP contribution in [0.25, 0.3) is 0 Å². The average Bonchev–Trinajstić information content (AvgIpc) is 2.31. The van der Waals surface area contributed by atoms with E-state index < -0.39 is 0 Å². The summed E-state index contributed by atoms with van der Waals surface area (Å²) in [5.41, 5.74) is 7.77. The van der Waals surface area contributed by atoms with Crippen LogP contribution in [0.1, 0.15) is 24.0 Å². The zero-order chi connectivity index (χ0) is 12.7. The van der Waals surface area contributed by atoms with E-state index in [0.717, 1.165) is 37.1 Å². The number of methoxy groups -OCH3 is 2. The van der Waals surface area contributed by atoms with E-state index in [1.165, 1.54) is 5.56 Å². The van der Waals surface area contributed by atoms with E-state index in [9.17, 15) is 0 Å². The van der Waals surface area contributed by atoms with Gasteiger partial charge >= 0.3 is 0 Å². The quantitative estimate of drug-likeness (QED) is 0.764. The van der Waals surface area contributed by atoms with Gasteiger partial charge in [-0.25, -0.2) is 0 Å². The van der Waals surface area contributed by atoms with Crippen molar-refractivity contribution in [2.75, 3.05) is 20.8 Å². The maximum absolute atomic E-state index is 6.04. The Morgan fingerprint density at radius 3 is 2.59 bits per heavy atom. The summed E-state index contributed by atoms with van der Waals surface area (Å²) in [5, 5.41) is 0.677. The monoisotopic (exact) mass is 257 g/mol. The van der Waals surface area contributed by atoms with Crippen LogP contribution in [0, 0.1) is 0 Å². The van der Waals surface area contributed by atoms with Crippen molar-refractivity contribution in [3.05, 3.63) is 28.3 Å². The van der Waals surface area contributed by atoms with Gasteiger partial charge in [0.15, 0.2) is 0 Å². The van der Waals surface area contributed by atoms with Crippen molar-refractivity contribution in [1.82, 2.24) is 0 Å². The lowest BCUT2D eigenvalue weighted by molar-refractivity contribution is 0.183. The highest BCUT2D eigenvalue weighted by Gasteiger charge is 2.10. The number of benzene rings is 1. The topological polar surface area (TPSA) is 44.5 Å². The van der Waals surface area contributed by atoms with Crippen LogP contribution in [-0.4, -0.2) is 20.8 Å². The number of halogens is 1. The number of hydrogen-bond acceptors (Lipinski definition) is 3. The van der Waals surface area contributed by atoms with Gasteiger partial charge in [0.2, 0.25) is 0 Å². The molecule has 0 amide bonds. The van der Waals surface area contributed by atoms with Crippen LogP contribution < -0.4 is 10.5 Å². The smallest absolute Gasteiger partial charge is 0.123 e. The Morgan fingerprint density at radius 1 is 1.24 bits per heavy atom. The second-order valence-electron chi connectivity index (χ2n) is 3.92. The standard InChI is InChI=1S/C13H20ClNO2/c1-16-9-10-7-11(14)8-13(17-2)12(10)5-3-4-6-15/h7-8H,3-6,9,15H2,1-2H3. The van der Waals surface area contributed by atoms with Gasteiger partial charge in [-0.1, -0.05) is 11.6 Å². The van der Waals surface area contributed by atoms with Crippen molar-refractivity contribution >= 4 is 11.6 Å². The summed E-state index contributed by atoms with van der Waals surface area (Å²) in [5.74, 6) is 0.835. The fraction of sp³-hybridized carbons (Fsp3) is 0.538. The van der Waals surface area contributed by atoms with Gasteiger partial charge in [-0.3, -0.25) is 0 Å². The second kappa shape index (κ2) is 7.54. The van der Waals surface area contributed by atoms with Gasteiger partial charge in [-0.05, 0) is 49.1 Å². The molecule has 0 saturated heterocycles. The highest BCUT2D eigenvalue weighted by Crippen LogP contribution is 2.29. The fourth-order valence-electron chi connectivity index (χ4n) is 1.86.